The Bertz CT molecular complexity index is 1510. The zero-order chi connectivity index (χ0) is 27.5. The first-order chi connectivity index (χ1) is 18.8. The Morgan fingerprint density at radius 2 is 1.85 bits per heavy atom. The summed E-state index contributed by atoms with van der Waals surface area (Å²) in [6.45, 7) is 4.03. The number of nitrogens with one attached hydrogen (secondary N) is 1. The number of hydrogen-bond donors (Lipinski definition) is 3. The summed E-state index contributed by atoms with van der Waals surface area (Å²) in [4.78, 5) is 42.9. The number of fused-ring (bicyclic) bond motifs is 2. The summed E-state index contributed by atoms with van der Waals surface area (Å²) in [5.74, 6) is -0.314. The number of aromatic hydroxyl groups is 1. The zero-order valence-electron chi connectivity index (χ0n) is 21.9. The van der Waals surface area contributed by atoms with E-state index >= 15 is 0 Å². The van der Waals surface area contributed by atoms with Crippen LogP contribution >= 0.6 is 0 Å². The summed E-state index contributed by atoms with van der Waals surface area (Å²) >= 11 is 0. The van der Waals surface area contributed by atoms with Crippen molar-refractivity contribution < 1.29 is 19.8 Å². The third kappa shape index (κ3) is 5.58. The number of aliphatic hydroxyl groups excluding tert-OH is 1. The molecule has 9 nitrogen and oxygen atoms in total. The molecule has 4 heterocycles. The molecule has 1 unspecified atom stereocenters. The molecular formula is C30H31N5O4. The lowest BCUT2D eigenvalue weighted by molar-refractivity contribution is -0.127. The van der Waals surface area contributed by atoms with Gasteiger partial charge in [-0.2, -0.15) is 0 Å². The quantitative estimate of drug-likeness (QED) is 0.337. The van der Waals surface area contributed by atoms with Gasteiger partial charge in [-0.25, -0.2) is 9.97 Å². The maximum absolute atomic E-state index is 14.3. The number of hydrogen-bond acceptors (Lipinski definition) is 7. The second-order valence-electron chi connectivity index (χ2n) is 10.3. The minimum absolute atomic E-state index is 0.104. The molecule has 0 aliphatic carbocycles. The van der Waals surface area contributed by atoms with E-state index in [2.05, 4.69) is 20.3 Å². The molecule has 2 atom stereocenters. The van der Waals surface area contributed by atoms with Crippen molar-refractivity contribution >= 4 is 22.8 Å². The van der Waals surface area contributed by atoms with E-state index < -0.39 is 12.1 Å². The van der Waals surface area contributed by atoms with Crippen LogP contribution in [0.15, 0.2) is 67.0 Å². The fraction of sp³-hybridized carbons (Fsp3) is 0.300. The van der Waals surface area contributed by atoms with Gasteiger partial charge in [-0.15, -0.1) is 0 Å². The Morgan fingerprint density at radius 3 is 2.59 bits per heavy atom. The molecule has 1 aromatic carbocycles. The van der Waals surface area contributed by atoms with E-state index in [0.29, 0.717) is 34.4 Å². The van der Waals surface area contributed by atoms with Crippen LogP contribution in [0.5, 0.6) is 5.75 Å². The van der Waals surface area contributed by atoms with Crippen LogP contribution in [-0.2, 0) is 17.8 Å². The van der Waals surface area contributed by atoms with E-state index in [4.69, 9.17) is 0 Å². The van der Waals surface area contributed by atoms with Gasteiger partial charge in [-0.05, 0) is 65.9 Å². The summed E-state index contributed by atoms with van der Waals surface area (Å²) in [6, 6.07) is 14.4. The predicted octanol–water partition coefficient (Wildman–Crippen LogP) is 3.49. The zero-order valence-corrected chi connectivity index (χ0v) is 21.9. The highest BCUT2D eigenvalue weighted by atomic mass is 16.3. The van der Waals surface area contributed by atoms with Crippen molar-refractivity contribution in [1.29, 1.82) is 0 Å². The molecule has 2 amide bonds. The molecule has 3 N–H and O–H groups in total. The monoisotopic (exact) mass is 525 g/mol. The van der Waals surface area contributed by atoms with Crippen LogP contribution < -0.4 is 5.32 Å². The number of carbonyl (C=O) groups excluding carboxylic acids is 2. The standard InChI is InChI=1S/C30H31N5O4/c1-18(2)12-21(17-36)33-29(38)27-14-20-13-22(37)9-8-19(20)16-35(27)30(39)24-15-26(25-7-3-4-10-31-25)34-28-23(24)6-5-11-32-28/h3-11,13,15,18,21,27,36-37H,12,14,16-17H2,1-2H3,(H,33,38)/t21-,27?/m1/s1. The van der Waals surface area contributed by atoms with Gasteiger partial charge in [-0.3, -0.25) is 14.6 Å². The van der Waals surface area contributed by atoms with Crippen LogP contribution in [-0.4, -0.2) is 60.6 Å². The second kappa shape index (κ2) is 11.2. The molecule has 5 rings (SSSR count). The molecular weight excluding hydrogens is 494 g/mol. The summed E-state index contributed by atoms with van der Waals surface area (Å²) in [5.41, 5.74) is 3.55. The SMILES string of the molecule is CC(C)C[C@H](CO)NC(=O)C1Cc2cc(O)ccc2CN1C(=O)c1cc(-c2ccccn2)nc2ncccc12. The summed E-state index contributed by atoms with van der Waals surface area (Å²) in [6.07, 6.45) is 4.12. The molecule has 200 valence electrons. The van der Waals surface area contributed by atoms with E-state index in [9.17, 15) is 19.8 Å². The van der Waals surface area contributed by atoms with Gasteiger partial charge in [0.2, 0.25) is 5.91 Å². The van der Waals surface area contributed by atoms with Crippen molar-refractivity contribution in [2.24, 2.45) is 5.92 Å². The number of carbonyl (C=O) groups is 2. The molecule has 1 aliphatic rings. The van der Waals surface area contributed by atoms with E-state index in [1.807, 2.05) is 26.0 Å². The molecule has 0 fully saturated rings. The number of amides is 2. The Hall–Kier alpha value is -4.37. The van der Waals surface area contributed by atoms with Gasteiger partial charge < -0.3 is 20.4 Å². The van der Waals surface area contributed by atoms with Gasteiger partial charge in [0.15, 0.2) is 5.65 Å². The molecule has 0 saturated carbocycles. The third-order valence-electron chi connectivity index (χ3n) is 6.95. The van der Waals surface area contributed by atoms with Gasteiger partial charge in [0, 0.05) is 30.7 Å². The minimum atomic E-state index is -0.841. The van der Waals surface area contributed by atoms with Crippen molar-refractivity contribution in [3.8, 4) is 17.1 Å². The normalized spacial score (nSPS) is 15.7. The lowest BCUT2D eigenvalue weighted by Crippen LogP contribution is -2.55. The van der Waals surface area contributed by atoms with Crippen LogP contribution in [0.4, 0.5) is 0 Å². The van der Waals surface area contributed by atoms with Crippen LogP contribution in [0.3, 0.4) is 0 Å². The number of pyridine rings is 3. The number of aliphatic hydroxyl groups is 1. The minimum Gasteiger partial charge on any atom is -0.508 e. The van der Waals surface area contributed by atoms with Crippen molar-refractivity contribution in [3.05, 3.63) is 83.7 Å². The predicted molar refractivity (Wildman–Crippen MR) is 147 cm³/mol. The summed E-state index contributed by atoms with van der Waals surface area (Å²) < 4.78 is 0. The molecule has 4 aromatic rings. The van der Waals surface area contributed by atoms with Crippen molar-refractivity contribution in [2.45, 2.75) is 45.3 Å². The largest absolute Gasteiger partial charge is 0.508 e. The van der Waals surface area contributed by atoms with Gasteiger partial charge in [-0.1, -0.05) is 26.0 Å². The number of aromatic nitrogens is 3. The first kappa shape index (κ1) is 26.2. The van der Waals surface area contributed by atoms with Crippen molar-refractivity contribution in [2.75, 3.05) is 6.61 Å². The van der Waals surface area contributed by atoms with Gasteiger partial charge in [0.05, 0.1) is 29.6 Å². The number of phenolic OH excluding ortho intramolecular Hbond substituents is 1. The fourth-order valence-electron chi connectivity index (χ4n) is 5.10. The summed E-state index contributed by atoms with van der Waals surface area (Å²) in [7, 11) is 0. The number of benzene rings is 1. The topological polar surface area (TPSA) is 129 Å². The average Bonchev–Trinajstić information content (AvgIpc) is 2.95. The molecule has 0 saturated heterocycles. The number of phenols is 1. The smallest absolute Gasteiger partial charge is 0.255 e. The highest BCUT2D eigenvalue weighted by molar-refractivity contribution is 6.07. The van der Waals surface area contributed by atoms with E-state index in [1.165, 1.54) is 0 Å². The second-order valence-corrected chi connectivity index (χ2v) is 10.3. The lowest BCUT2D eigenvalue weighted by Gasteiger charge is -2.37. The molecule has 1 aliphatic heterocycles. The Balaban J connectivity index is 1.57. The maximum Gasteiger partial charge on any atom is 0.255 e. The van der Waals surface area contributed by atoms with Crippen LogP contribution in [0, 0.1) is 5.92 Å². The Kier molecular flexibility index (Phi) is 7.51. The Morgan fingerprint density at radius 1 is 1.03 bits per heavy atom. The first-order valence-electron chi connectivity index (χ1n) is 13.0. The van der Waals surface area contributed by atoms with Crippen LogP contribution in [0.2, 0.25) is 0 Å². The number of rotatable bonds is 7. The van der Waals surface area contributed by atoms with E-state index in [0.717, 1.165) is 11.1 Å². The summed E-state index contributed by atoms with van der Waals surface area (Å²) in [5, 5.41) is 23.5. The third-order valence-corrected chi connectivity index (χ3v) is 6.95. The molecule has 39 heavy (non-hydrogen) atoms. The van der Waals surface area contributed by atoms with E-state index in [-0.39, 0.29) is 43.1 Å². The Labute approximate surface area is 226 Å². The molecule has 0 spiro atoms. The van der Waals surface area contributed by atoms with Gasteiger partial charge >= 0.3 is 0 Å². The molecule has 0 radical (unpaired) electrons. The highest BCUT2D eigenvalue weighted by Crippen LogP contribution is 2.30. The fourth-order valence-corrected chi connectivity index (χ4v) is 5.10. The van der Waals surface area contributed by atoms with Crippen LogP contribution in [0.25, 0.3) is 22.4 Å². The molecule has 9 heteroatoms. The van der Waals surface area contributed by atoms with Crippen molar-refractivity contribution in [3.63, 3.8) is 0 Å². The number of nitrogens with zero attached hydrogens (tertiary/aromatic N) is 4. The molecule has 3 aromatic heterocycles. The molecule has 0 bridgehead atoms. The van der Waals surface area contributed by atoms with Gasteiger partial charge in [0.1, 0.15) is 11.8 Å². The van der Waals surface area contributed by atoms with E-state index in [1.54, 1.807) is 59.8 Å². The highest BCUT2D eigenvalue weighted by Gasteiger charge is 2.37. The van der Waals surface area contributed by atoms with Crippen LogP contribution in [0.1, 0.15) is 41.8 Å². The van der Waals surface area contributed by atoms with Crippen molar-refractivity contribution in [1.82, 2.24) is 25.2 Å². The lowest BCUT2D eigenvalue weighted by atomic mass is 9.91. The maximum atomic E-state index is 14.3. The first-order valence-corrected chi connectivity index (χ1v) is 13.0. The average molecular weight is 526 g/mol. The van der Waals surface area contributed by atoms with Gasteiger partial charge in [0.25, 0.3) is 5.91 Å².